The quantitative estimate of drug-likeness (QED) is 0.701. The highest BCUT2D eigenvalue weighted by Crippen LogP contribution is 2.17. The fourth-order valence-corrected chi connectivity index (χ4v) is 2.92. The predicted molar refractivity (Wildman–Crippen MR) is 99.2 cm³/mol. The first-order valence-corrected chi connectivity index (χ1v) is 8.88. The van der Waals surface area contributed by atoms with Gasteiger partial charge in [-0.3, -0.25) is 9.78 Å². The van der Waals surface area contributed by atoms with E-state index in [0.717, 1.165) is 16.4 Å². The summed E-state index contributed by atoms with van der Waals surface area (Å²) in [5.41, 5.74) is 2.37. The van der Waals surface area contributed by atoms with Crippen molar-refractivity contribution in [3.8, 4) is 5.75 Å². The third-order valence-electron chi connectivity index (χ3n) is 3.32. The summed E-state index contributed by atoms with van der Waals surface area (Å²) in [6.45, 7) is 2.28. The number of carbonyl (C=O) groups excluding carboxylic acids is 1. The molecule has 1 N–H and O–H groups in total. The second kappa shape index (κ2) is 8.09. The minimum Gasteiger partial charge on any atom is -0.485 e. The number of rotatable bonds is 6. The van der Waals surface area contributed by atoms with Crippen LogP contribution in [0.5, 0.6) is 5.75 Å². The van der Waals surface area contributed by atoms with E-state index in [-0.39, 0.29) is 12.3 Å². The molecule has 0 saturated heterocycles. The third-order valence-corrected chi connectivity index (χ3v) is 4.44. The number of halogens is 1. The van der Waals surface area contributed by atoms with Crippen LogP contribution in [0, 0.1) is 6.92 Å². The van der Waals surface area contributed by atoms with Crippen LogP contribution in [-0.4, -0.2) is 15.9 Å². The van der Waals surface area contributed by atoms with Crippen molar-refractivity contribution in [1.29, 1.82) is 0 Å². The van der Waals surface area contributed by atoms with Gasteiger partial charge in [-0.25, -0.2) is 4.98 Å². The Morgan fingerprint density at radius 1 is 1.24 bits per heavy atom. The van der Waals surface area contributed by atoms with E-state index in [9.17, 15) is 4.79 Å². The number of benzene rings is 1. The van der Waals surface area contributed by atoms with E-state index in [2.05, 4.69) is 15.3 Å². The predicted octanol–water partition coefficient (Wildman–Crippen LogP) is 4.26. The maximum Gasteiger partial charge on any atom is 0.230 e. The Hall–Kier alpha value is -2.44. The molecule has 3 rings (SSSR count). The second-order valence-corrected chi connectivity index (χ2v) is 6.77. The molecule has 128 valence electrons. The molecule has 0 unspecified atom stereocenters. The zero-order valence-electron chi connectivity index (χ0n) is 13.5. The summed E-state index contributed by atoms with van der Waals surface area (Å²) in [6, 6.07) is 10.7. The molecule has 7 heteroatoms. The number of amides is 1. The fourth-order valence-electron chi connectivity index (χ4n) is 2.08. The summed E-state index contributed by atoms with van der Waals surface area (Å²) in [4.78, 5) is 20.7. The van der Waals surface area contributed by atoms with Crippen LogP contribution in [-0.2, 0) is 17.8 Å². The molecule has 0 saturated carbocycles. The zero-order valence-corrected chi connectivity index (χ0v) is 15.1. The lowest BCUT2D eigenvalue weighted by Gasteiger charge is -2.04. The lowest BCUT2D eigenvalue weighted by atomic mass is 10.3. The molecule has 5 nitrogen and oxygen atoms in total. The Balaban J connectivity index is 1.51. The molecule has 2 aromatic heterocycles. The first-order valence-electron chi connectivity index (χ1n) is 7.62. The van der Waals surface area contributed by atoms with Gasteiger partial charge in [0.2, 0.25) is 5.91 Å². The van der Waals surface area contributed by atoms with Crippen LogP contribution in [0.15, 0.2) is 48.0 Å². The van der Waals surface area contributed by atoms with Crippen molar-refractivity contribution in [3.63, 3.8) is 0 Å². The van der Waals surface area contributed by atoms with E-state index >= 15 is 0 Å². The van der Waals surface area contributed by atoms with Gasteiger partial charge in [-0.15, -0.1) is 11.3 Å². The molecule has 0 aliphatic heterocycles. The molecule has 25 heavy (non-hydrogen) atoms. The lowest BCUT2D eigenvalue weighted by Crippen LogP contribution is -2.14. The first-order chi connectivity index (χ1) is 12.1. The van der Waals surface area contributed by atoms with E-state index in [1.165, 1.54) is 11.3 Å². The summed E-state index contributed by atoms with van der Waals surface area (Å²) in [7, 11) is 0. The summed E-state index contributed by atoms with van der Waals surface area (Å²) in [5.74, 6) is 0.575. The van der Waals surface area contributed by atoms with Crippen LogP contribution in [0.25, 0.3) is 0 Å². The topological polar surface area (TPSA) is 64.1 Å². The monoisotopic (exact) mass is 373 g/mol. The maximum absolute atomic E-state index is 12.1. The highest BCUT2D eigenvalue weighted by Gasteiger charge is 2.09. The average molecular weight is 374 g/mol. The van der Waals surface area contributed by atoms with Crippen LogP contribution >= 0.6 is 22.9 Å². The third kappa shape index (κ3) is 5.27. The van der Waals surface area contributed by atoms with Crippen molar-refractivity contribution in [2.75, 3.05) is 5.32 Å². The van der Waals surface area contributed by atoms with Gasteiger partial charge < -0.3 is 10.1 Å². The number of hydrogen-bond acceptors (Lipinski definition) is 5. The van der Waals surface area contributed by atoms with Gasteiger partial charge in [0.05, 0.1) is 18.3 Å². The number of aryl methyl sites for hydroxylation is 1. The Morgan fingerprint density at radius 2 is 2.04 bits per heavy atom. The molecule has 3 aromatic rings. The molecule has 2 heterocycles. The van der Waals surface area contributed by atoms with E-state index in [1.54, 1.807) is 30.5 Å². The van der Waals surface area contributed by atoms with Crippen molar-refractivity contribution >= 4 is 34.5 Å². The summed E-state index contributed by atoms with van der Waals surface area (Å²) in [6.07, 6.45) is 1.90. The molecule has 0 bridgehead atoms. The smallest absolute Gasteiger partial charge is 0.230 e. The number of nitrogens with zero attached hydrogens (tertiary/aromatic N) is 2. The number of ether oxygens (including phenoxy) is 1. The van der Waals surface area contributed by atoms with Gasteiger partial charge in [0.15, 0.2) is 0 Å². The number of aromatic nitrogens is 2. The molecular formula is C18H16ClN3O2S. The molecule has 0 radical (unpaired) electrons. The second-order valence-electron chi connectivity index (χ2n) is 5.39. The van der Waals surface area contributed by atoms with Gasteiger partial charge in [-0.2, -0.15) is 0 Å². The molecule has 1 aromatic carbocycles. The number of pyridine rings is 1. The van der Waals surface area contributed by atoms with Crippen LogP contribution < -0.4 is 10.1 Å². The fraction of sp³-hybridized carbons (Fsp3) is 0.167. The van der Waals surface area contributed by atoms with Crippen LogP contribution in [0.2, 0.25) is 5.02 Å². The van der Waals surface area contributed by atoms with Crippen molar-refractivity contribution in [2.24, 2.45) is 0 Å². The van der Waals surface area contributed by atoms with E-state index in [1.807, 2.05) is 24.4 Å². The minimum absolute atomic E-state index is 0.122. The van der Waals surface area contributed by atoms with E-state index in [0.29, 0.717) is 23.1 Å². The number of carbonyl (C=O) groups is 1. The van der Waals surface area contributed by atoms with Crippen molar-refractivity contribution in [1.82, 2.24) is 9.97 Å². The van der Waals surface area contributed by atoms with E-state index < -0.39 is 0 Å². The molecule has 0 spiro atoms. The highest BCUT2D eigenvalue weighted by molar-refractivity contribution is 7.09. The van der Waals surface area contributed by atoms with Gasteiger partial charge in [0, 0.05) is 21.8 Å². The average Bonchev–Trinajstić information content (AvgIpc) is 3.04. The molecule has 0 aliphatic rings. The molecule has 0 fully saturated rings. The van der Waals surface area contributed by atoms with Gasteiger partial charge >= 0.3 is 0 Å². The molecule has 0 atom stereocenters. The van der Waals surface area contributed by atoms with Crippen LogP contribution in [0.3, 0.4) is 0 Å². The summed E-state index contributed by atoms with van der Waals surface area (Å²) < 4.78 is 5.64. The Kier molecular flexibility index (Phi) is 5.63. The SMILES string of the molecule is Cc1ccc(OCc2nc(CC(=O)Nc3ccc(Cl)cc3)cs2)cn1. The first kappa shape index (κ1) is 17.4. The Labute approximate surface area is 154 Å². The lowest BCUT2D eigenvalue weighted by molar-refractivity contribution is -0.115. The standard InChI is InChI=1S/C18H16ClN3O2S/c1-12-2-7-16(9-20-12)24-10-18-22-15(11-25-18)8-17(23)21-14-5-3-13(19)4-6-14/h2-7,9,11H,8,10H2,1H3,(H,21,23). The molecular weight excluding hydrogens is 358 g/mol. The van der Waals surface area contributed by atoms with Crippen molar-refractivity contribution in [3.05, 3.63) is 69.4 Å². The van der Waals surface area contributed by atoms with E-state index in [4.69, 9.17) is 16.3 Å². The van der Waals surface area contributed by atoms with Crippen LogP contribution in [0.4, 0.5) is 5.69 Å². The summed E-state index contributed by atoms with van der Waals surface area (Å²) in [5, 5.41) is 6.13. The largest absolute Gasteiger partial charge is 0.485 e. The van der Waals surface area contributed by atoms with Crippen LogP contribution in [0.1, 0.15) is 16.4 Å². The van der Waals surface area contributed by atoms with Gasteiger partial charge in [0.1, 0.15) is 17.4 Å². The zero-order chi connectivity index (χ0) is 17.6. The number of nitrogens with one attached hydrogen (secondary N) is 1. The number of anilines is 1. The number of hydrogen-bond donors (Lipinski definition) is 1. The van der Waals surface area contributed by atoms with Crippen molar-refractivity contribution in [2.45, 2.75) is 20.0 Å². The Morgan fingerprint density at radius 3 is 2.76 bits per heavy atom. The van der Waals surface area contributed by atoms with Gasteiger partial charge in [0.25, 0.3) is 0 Å². The van der Waals surface area contributed by atoms with Gasteiger partial charge in [-0.05, 0) is 43.3 Å². The minimum atomic E-state index is -0.122. The Bertz CT molecular complexity index is 848. The van der Waals surface area contributed by atoms with Gasteiger partial charge in [-0.1, -0.05) is 11.6 Å². The highest BCUT2D eigenvalue weighted by atomic mass is 35.5. The van der Waals surface area contributed by atoms with Crippen molar-refractivity contribution < 1.29 is 9.53 Å². The number of thiazole rings is 1. The summed E-state index contributed by atoms with van der Waals surface area (Å²) >= 11 is 7.29. The molecule has 0 aliphatic carbocycles. The normalized spacial score (nSPS) is 10.5. The maximum atomic E-state index is 12.1. The molecule has 1 amide bonds.